The van der Waals surface area contributed by atoms with Crippen LogP contribution in [-0.2, 0) is 6.54 Å². The molecular formula is C20H26BrN2O2+. The summed E-state index contributed by atoms with van der Waals surface area (Å²) in [5, 5.41) is 3.66. The number of rotatable bonds is 6. The van der Waals surface area contributed by atoms with Crippen molar-refractivity contribution in [2.24, 2.45) is 0 Å². The lowest BCUT2D eigenvalue weighted by molar-refractivity contribution is -0.918. The van der Waals surface area contributed by atoms with Gasteiger partial charge in [-0.15, -0.1) is 0 Å². The Bertz CT molecular complexity index is 683. The summed E-state index contributed by atoms with van der Waals surface area (Å²) in [5.41, 5.74) is 2.50. The minimum absolute atomic E-state index is 0.565. The summed E-state index contributed by atoms with van der Waals surface area (Å²) < 4.78 is 11.8. The van der Waals surface area contributed by atoms with Gasteiger partial charge in [0.1, 0.15) is 6.54 Å². The van der Waals surface area contributed by atoms with Gasteiger partial charge < -0.3 is 19.7 Å². The van der Waals surface area contributed by atoms with E-state index in [4.69, 9.17) is 9.47 Å². The maximum atomic E-state index is 5.41. The molecule has 0 saturated carbocycles. The van der Waals surface area contributed by atoms with E-state index in [1.165, 1.54) is 37.2 Å². The molecule has 134 valence electrons. The molecule has 0 atom stereocenters. The van der Waals surface area contributed by atoms with Crippen LogP contribution in [0, 0.1) is 0 Å². The molecule has 0 amide bonds. The average molecular weight is 406 g/mol. The first kappa shape index (κ1) is 18.1. The zero-order chi connectivity index (χ0) is 17.6. The molecule has 0 bridgehead atoms. The first-order chi connectivity index (χ1) is 12.2. The molecule has 1 fully saturated rings. The van der Waals surface area contributed by atoms with Gasteiger partial charge in [-0.2, -0.15) is 0 Å². The largest absolute Gasteiger partial charge is 0.493 e. The molecule has 0 aliphatic carbocycles. The second-order valence-corrected chi connectivity index (χ2v) is 7.46. The molecule has 0 aromatic heterocycles. The highest BCUT2D eigenvalue weighted by atomic mass is 79.9. The van der Waals surface area contributed by atoms with Gasteiger partial charge in [0.25, 0.3) is 0 Å². The fraction of sp³-hybridized carbons (Fsp3) is 0.400. The third-order valence-corrected chi connectivity index (χ3v) is 5.34. The van der Waals surface area contributed by atoms with E-state index in [0.29, 0.717) is 6.04 Å². The fourth-order valence-corrected chi connectivity index (χ4v) is 3.67. The lowest BCUT2D eigenvalue weighted by Gasteiger charge is -2.30. The number of likely N-dealkylation sites (tertiary alicyclic amines) is 1. The first-order valence-corrected chi connectivity index (χ1v) is 9.54. The smallest absolute Gasteiger partial charge is 0.161 e. The second-order valence-electron chi connectivity index (χ2n) is 6.54. The molecule has 2 aromatic carbocycles. The van der Waals surface area contributed by atoms with Gasteiger partial charge in [-0.1, -0.05) is 15.9 Å². The van der Waals surface area contributed by atoms with Gasteiger partial charge in [-0.3, -0.25) is 0 Å². The van der Waals surface area contributed by atoms with E-state index in [2.05, 4.69) is 57.6 Å². The van der Waals surface area contributed by atoms with Crippen LogP contribution in [0.3, 0.4) is 0 Å². The van der Waals surface area contributed by atoms with Gasteiger partial charge >= 0.3 is 0 Å². The number of quaternary nitrogens is 1. The third kappa shape index (κ3) is 4.89. The Kier molecular flexibility index (Phi) is 6.21. The summed E-state index contributed by atoms with van der Waals surface area (Å²) in [7, 11) is 3.36. The van der Waals surface area contributed by atoms with Gasteiger partial charge in [-0.25, -0.2) is 0 Å². The number of piperidine rings is 1. The van der Waals surface area contributed by atoms with Crippen LogP contribution in [0.2, 0.25) is 0 Å². The normalized spacial score (nSPS) is 20.1. The van der Waals surface area contributed by atoms with Crippen molar-refractivity contribution in [2.45, 2.75) is 25.4 Å². The summed E-state index contributed by atoms with van der Waals surface area (Å²) in [5.74, 6) is 1.60. The standard InChI is InChI=1S/C20H25BrN2O2/c1-24-19-8-3-15(13-20(19)25-2)14-23-11-9-18(10-12-23)22-17-6-4-16(21)5-7-17/h3-8,13,18,22H,9-12,14H2,1-2H3/p+1. The quantitative estimate of drug-likeness (QED) is 0.774. The summed E-state index contributed by atoms with van der Waals surface area (Å²) in [4.78, 5) is 1.63. The zero-order valence-corrected chi connectivity index (χ0v) is 16.4. The molecule has 2 aromatic rings. The predicted molar refractivity (Wildman–Crippen MR) is 105 cm³/mol. The summed E-state index contributed by atoms with van der Waals surface area (Å²) in [6.07, 6.45) is 2.39. The molecule has 4 nitrogen and oxygen atoms in total. The molecule has 0 unspecified atom stereocenters. The third-order valence-electron chi connectivity index (χ3n) is 4.81. The van der Waals surface area contributed by atoms with E-state index >= 15 is 0 Å². The van der Waals surface area contributed by atoms with Gasteiger partial charge in [0, 0.05) is 34.6 Å². The number of hydrogen-bond acceptors (Lipinski definition) is 3. The molecule has 25 heavy (non-hydrogen) atoms. The highest BCUT2D eigenvalue weighted by molar-refractivity contribution is 9.10. The maximum absolute atomic E-state index is 5.41. The van der Waals surface area contributed by atoms with Crippen molar-refractivity contribution in [2.75, 3.05) is 32.6 Å². The monoisotopic (exact) mass is 405 g/mol. The van der Waals surface area contributed by atoms with E-state index in [-0.39, 0.29) is 0 Å². The molecule has 2 N–H and O–H groups in total. The molecular weight excluding hydrogens is 380 g/mol. The van der Waals surface area contributed by atoms with Crippen LogP contribution in [0.5, 0.6) is 11.5 Å². The number of hydrogen-bond donors (Lipinski definition) is 2. The van der Waals surface area contributed by atoms with E-state index in [1.807, 2.05) is 6.07 Å². The molecule has 3 rings (SSSR count). The molecule has 1 aliphatic rings. The molecule has 1 saturated heterocycles. The van der Waals surface area contributed by atoms with Crippen LogP contribution in [0.1, 0.15) is 18.4 Å². The van der Waals surface area contributed by atoms with Crippen LogP contribution in [0.4, 0.5) is 5.69 Å². The maximum Gasteiger partial charge on any atom is 0.161 e. The van der Waals surface area contributed by atoms with Crippen molar-refractivity contribution in [3.8, 4) is 11.5 Å². The van der Waals surface area contributed by atoms with Crippen LogP contribution in [0.15, 0.2) is 46.9 Å². The molecule has 1 heterocycles. The van der Waals surface area contributed by atoms with Crippen molar-refractivity contribution in [1.82, 2.24) is 0 Å². The number of methoxy groups -OCH3 is 2. The van der Waals surface area contributed by atoms with Crippen LogP contribution < -0.4 is 19.7 Å². The Morgan fingerprint density at radius 1 is 1.00 bits per heavy atom. The Morgan fingerprint density at radius 3 is 2.32 bits per heavy atom. The highest BCUT2D eigenvalue weighted by Crippen LogP contribution is 2.27. The minimum atomic E-state index is 0.565. The molecule has 0 radical (unpaired) electrons. The Balaban J connectivity index is 1.51. The van der Waals surface area contributed by atoms with Crippen LogP contribution in [0.25, 0.3) is 0 Å². The van der Waals surface area contributed by atoms with Crippen LogP contribution >= 0.6 is 15.9 Å². The second kappa shape index (κ2) is 8.59. The summed E-state index contributed by atoms with van der Waals surface area (Å²) >= 11 is 3.48. The summed E-state index contributed by atoms with van der Waals surface area (Å²) in [6.45, 7) is 3.40. The van der Waals surface area contributed by atoms with E-state index < -0.39 is 0 Å². The number of anilines is 1. The highest BCUT2D eigenvalue weighted by Gasteiger charge is 2.22. The van der Waals surface area contributed by atoms with E-state index in [0.717, 1.165) is 22.5 Å². The van der Waals surface area contributed by atoms with Gasteiger partial charge in [0.2, 0.25) is 0 Å². The van der Waals surface area contributed by atoms with Gasteiger partial charge in [-0.05, 0) is 42.5 Å². The predicted octanol–water partition coefficient (Wildman–Crippen LogP) is 3.13. The fourth-order valence-electron chi connectivity index (χ4n) is 3.41. The Labute approximate surface area is 158 Å². The Morgan fingerprint density at radius 2 is 1.68 bits per heavy atom. The number of benzene rings is 2. The molecule has 0 spiro atoms. The Hall–Kier alpha value is -1.72. The van der Waals surface area contributed by atoms with Gasteiger partial charge in [0.15, 0.2) is 11.5 Å². The lowest BCUT2D eigenvalue weighted by atomic mass is 10.0. The van der Waals surface area contributed by atoms with E-state index in [1.54, 1.807) is 19.1 Å². The minimum Gasteiger partial charge on any atom is -0.493 e. The number of nitrogens with one attached hydrogen (secondary N) is 2. The van der Waals surface area contributed by atoms with Crippen molar-refractivity contribution in [3.05, 3.63) is 52.5 Å². The topological polar surface area (TPSA) is 34.9 Å². The molecule has 5 heteroatoms. The van der Waals surface area contributed by atoms with Crippen molar-refractivity contribution in [1.29, 1.82) is 0 Å². The van der Waals surface area contributed by atoms with Crippen molar-refractivity contribution >= 4 is 21.6 Å². The lowest BCUT2D eigenvalue weighted by Crippen LogP contribution is -3.12. The SMILES string of the molecule is COc1ccc(C[NH+]2CCC(Nc3ccc(Br)cc3)CC2)cc1OC. The van der Waals surface area contributed by atoms with Crippen molar-refractivity contribution in [3.63, 3.8) is 0 Å². The van der Waals surface area contributed by atoms with Crippen molar-refractivity contribution < 1.29 is 14.4 Å². The zero-order valence-electron chi connectivity index (χ0n) is 14.8. The summed E-state index contributed by atoms with van der Waals surface area (Å²) in [6, 6.07) is 15.2. The van der Waals surface area contributed by atoms with Gasteiger partial charge in [0.05, 0.1) is 27.3 Å². The van der Waals surface area contributed by atoms with E-state index in [9.17, 15) is 0 Å². The average Bonchev–Trinajstić information content (AvgIpc) is 2.65. The number of halogens is 1. The molecule has 1 aliphatic heterocycles. The van der Waals surface area contributed by atoms with Crippen LogP contribution in [-0.4, -0.2) is 33.4 Å². The first-order valence-electron chi connectivity index (χ1n) is 8.74. The number of ether oxygens (including phenoxy) is 2.